The lowest BCUT2D eigenvalue weighted by atomic mass is 10.1. The Hall–Kier alpha value is -2.44. The topological polar surface area (TPSA) is 59.4 Å². The Morgan fingerprint density at radius 3 is 2.91 bits per heavy atom. The maximum atomic E-state index is 12.9. The third-order valence-corrected chi connectivity index (χ3v) is 4.44. The molecule has 118 valence electrons. The van der Waals surface area contributed by atoms with Gasteiger partial charge in [-0.1, -0.05) is 36.4 Å². The van der Waals surface area contributed by atoms with Gasteiger partial charge in [0.1, 0.15) is 0 Å². The van der Waals surface area contributed by atoms with Gasteiger partial charge >= 0.3 is 0 Å². The molecule has 1 amide bonds. The fourth-order valence-corrected chi connectivity index (χ4v) is 3.34. The molecule has 1 unspecified atom stereocenters. The molecule has 6 nitrogen and oxygen atoms in total. The minimum Gasteiger partial charge on any atom is -0.359 e. The highest BCUT2D eigenvalue weighted by atomic mass is 16.3. The molecule has 1 aromatic carbocycles. The van der Waals surface area contributed by atoms with Crippen LogP contribution < -0.4 is 0 Å². The van der Waals surface area contributed by atoms with E-state index in [4.69, 9.17) is 0 Å². The highest BCUT2D eigenvalue weighted by Crippen LogP contribution is 2.34. The predicted octanol–water partition coefficient (Wildman–Crippen LogP) is 0.862. The van der Waals surface area contributed by atoms with E-state index in [1.54, 1.807) is 28.1 Å². The van der Waals surface area contributed by atoms with Gasteiger partial charge in [-0.15, -0.1) is 6.58 Å². The normalized spacial score (nSPS) is 26.3. The Bertz CT molecular complexity index is 742. The zero-order valence-electron chi connectivity index (χ0n) is 12.7. The molecular weight excluding hydrogens is 292 g/mol. The van der Waals surface area contributed by atoms with Crippen molar-refractivity contribution in [3.8, 4) is 0 Å². The summed E-state index contributed by atoms with van der Waals surface area (Å²) < 4.78 is 0. The summed E-state index contributed by atoms with van der Waals surface area (Å²) in [5, 5.41) is 14.4. The highest BCUT2D eigenvalue weighted by molar-refractivity contribution is 6.09. The lowest BCUT2D eigenvalue weighted by Gasteiger charge is -2.40. The molecule has 0 radical (unpaired) electrons. The van der Waals surface area contributed by atoms with Crippen molar-refractivity contribution < 1.29 is 9.90 Å². The van der Waals surface area contributed by atoms with Crippen molar-refractivity contribution in [1.29, 1.82) is 0 Å². The maximum absolute atomic E-state index is 12.9. The first-order chi connectivity index (χ1) is 11.1. The molecule has 1 saturated heterocycles. The number of hydrogen-bond donors (Lipinski definition) is 1. The van der Waals surface area contributed by atoms with Gasteiger partial charge in [0.2, 0.25) is 5.96 Å². The number of aliphatic imine (C=N–C) groups is 1. The van der Waals surface area contributed by atoms with Crippen LogP contribution in [0.25, 0.3) is 0 Å². The standard InChI is InChI=1S/C17H18N4O2/c1-2-9-19-10-5-8-17(23)15(22)20-12-14-7-4-3-6-13(14)11-18-16(20)21(17)19/h2-8,23H,1,9-12H2. The number of benzene rings is 1. The minimum atomic E-state index is -1.69. The Morgan fingerprint density at radius 1 is 1.35 bits per heavy atom. The number of hydrazine groups is 1. The van der Waals surface area contributed by atoms with Crippen LogP contribution in [0.5, 0.6) is 0 Å². The molecule has 1 N–H and O–H groups in total. The summed E-state index contributed by atoms with van der Waals surface area (Å²) in [6.07, 6.45) is 5.11. The molecule has 3 aliphatic heterocycles. The first-order valence-electron chi connectivity index (χ1n) is 7.64. The first kappa shape index (κ1) is 14.2. The molecule has 6 heteroatoms. The van der Waals surface area contributed by atoms with E-state index in [1.807, 2.05) is 29.3 Å². The van der Waals surface area contributed by atoms with Crippen molar-refractivity contribution in [3.05, 3.63) is 60.2 Å². The van der Waals surface area contributed by atoms with Crippen molar-refractivity contribution in [3.63, 3.8) is 0 Å². The maximum Gasteiger partial charge on any atom is 0.288 e. The zero-order valence-corrected chi connectivity index (χ0v) is 12.7. The van der Waals surface area contributed by atoms with Crippen LogP contribution in [0.15, 0.2) is 54.1 Å². The van der Waals surface area contributed by atoms with Gasteiger partial charge < -0.3 is 5.11 Å². The van der Waals surface area contributed by atoms with Crippen LogP contribution >= 0.6 is 0 Å². The third kappa shape index (κ3) is 1.95. The van der Waals surface area contributed by atoms with E-state index in [2.05, 4.69) is 11.6 Å². The van der Waals surface area contributed by atoms with E-state index in [9.17, 15) is 9.90 Å². The monoisotopic (exact) mass is 310 g/mol. The van der Waals surface area contributed by atoms with E-state index in [0.717, 1.165) is 11.1 Å². The number of amides is 1. The van der Waals surface area contributed by atoms with Crippen molar-refractivity contribution in [2.24, 2.45) is 4.99 Å². The van der Waals surface area contributed by atoms with Crippen LogP contribution in [0.2, 0.25) is 0 Å². The molecule has 1 atom stereocenters. The van der Waals surface area contributed by atoms with Crippen LogP contribution in [-0.2, 0) is 17.9 Å². The Kier molecular flexibility index (Phi) is 3.11. The summed E-state index contributed by atoms with van der Waals surface area (Å²) >= 11 is 0. The zero-order chi connectivity index (χ0) is 16.0. The summed E-state index contributed by atoms with van der Waals surface area (Å²) in [6, 6.07) is 7.95. The van der Waals surface area contributed by atoms with Crippen LogP contribution in [0.3, 0.4) is 0 Å². The van der Waals surface area contributed by atoms with Crippen LogP contribution in [0.1, 0.15) is 11.1 Å². The lowest BCUT2D eigenvalue weighted by Crippen LogP contribution is -2.59. The fraction of sp³-hybridized carbons (Fsp3) is 0.294. The summed E-state index contributed by atoms with van der Waals surface area (Å²) in [5.74, 6) is 0.137. The molecule has 3 heterocycles. The Morgan fingerprint density at radius 2 is 2.13 bits per heavy atom. The summed E-state index contributed by atoms with van der Waals surface area (Å²) in [4.78, 5) is 19.0. The number of nitrogens with zero attached hydrogens (tertiary/aromatic N) is 4. The van der Waals surface area contributed by atoms with E-state index >= 15 is 0 Å². The molecule has 4 rings (SSSR count). The molecule has 0 saturated carbocycles. The van der Waals surface area contributed by atoms with E-state index in [1.165, 1.54) is 0 Å². The second kappa shape index (κ2) is 5.04. The average Bonchev–Trinajstić information content (AvgIpc) is 2.69. The van der Waals surface area contributed by atoms with Crippen molar-refractivity contribution in [1.82, 2.24) is 14.9 Å². The second-order valence-electron chi connectivity index (χ2n) is 5.88. The number of guanidine groups is 1. The molecular formula is C17H18N4O2. The summed E-state index contributed by atoms with van der Waals surface area (Å²) in [6.45, 7) is 5.79. The van der Waals surface area contributed by atoms with Crippen molar-refractivity contribution in [2.75, 3.05) is 13.1 Å². The van der Waals surface area contributed by atoms with E-state index in [0.29, 0.717) is 32.1 Å². The third-order valence-electron chi connectivity index (χ3n) is 4.44. The summed E-state index contributed by atoms with van der Waals surface area (Å²) in [5.41, 5.74) is 0.475. The van der Waals surface area contributed by atoms with Gasteiger partial charge in [-0.05, 0) is 17.2 Å². The minimum absolute atomic E-state index is 0.363. The van der Waals surface area contributed by atoms with Crippen LogP contribution in [0, 0.1) is 0 Å². The molecule has 0 aromatic heterocycles. The Labute approximate surface area is 134 Å². The van der Waals surface area contributed by atoms with Gasteiger partial charge in [0.05, 0.1) is 13.1 Å². The number of rotatable bonds is 2. The molecule has 3 aliphatic rings. The largest absolute Gasteiger partial charge is 0.359 e. The van der Waals surface area contributed by atoms with Crippen LogP contribution in [0.4, 0.5) is 0 Å². The van der Waals surface area contributed by atoms with E-state index < -0.39 is 5.72 Å². The first-order valence-corrected chi connectivity index (χ1v) is 7.64. The molecule has 1 fully saturated rings. The average molecular weight is 310 g/mol. The summed E-state index contributed by atoms with van der Waals surface area (Å²) in [7, 11) is 0. The number of carbonyl (C=O) groups excluding carboxylic acids is 1. The van der Waals surface area contributed by atoms with Crippen LogP contribution in [-0.4, -0.2) is 50.7 Å². The molecule has 0 spiro atoms. The van der Waals surface area contributed by atoms with Crippen molar-refractivity contribution >= 4 is 11.9 Å². The van der Waals surface area contributed by atoms with E-state index in [-0.39, 0.29) is 5.91 Å². The van der Waals surface area contributed by atoms with Gasteiger partial charge in [0, 0.05) is 13.1 Å². The molecule has 1 aromatic rings. The van der Waals surface area contributed by atoms with Gasteiger partial charge in [0.25, 0.3) is 11.6 Å². The van der Waals surface area contributed by atoms with Gasteiger partial charge in [-0.3, -0.25) is 9.69 Å². The quantitative estimate of drug-likeness (QED) is 0.823. The SMILES string of the molecule is C=CCN1CC=CC2(O)C(=O)N3Cc4ccccc4CN=C3N12. The predicted molar refractivity (Wildman–Crippen MR) is 85.8 cm³/mol. The number of hydrogen-bond acceptors (Lipinski definition) is 5. The Balaban J connectivity index is 1.80. The molecule has 0 bridgehead atoms. The van der Waals surface area contributed by atoms with Crippen molar-refractivity contribution in [2.45, 2.75) is 18.8 Å². The second-order valence-corrected chi connectivity index (χ2v) is 5.88. The fourth-order valence-electron chi connectivity index (χ4n) is 3.34. The molecule has 23 heavy (non-hydrogen) atoms. The highest BCUT2D eigenvalue weighted by Gasteiger charge is 2.57. The molecule has 0 aliphatic carbocycles. The van der Waals surface area contributed by atoms with Gasteiger partial charge in [-0.25, -0.2) is 15.0 Å². The van der Waals surface area contributed by atoms with Gasteiger partial charge in [0.15, 0.2) is 0 Å². The number of carbonyl (C=O) groups is 1. The lowest BCUT2D eigenvalue weighted by molar-refractivity contribution is -0.163. The number of fused-ring (bicyclic) bond motifs is 4. The smallest absolute Gasteiger partial charge is 0.288 e. The van der Waals surface area contributed by atoms with Gasteiger partial charge in [-0.2, -0.15) is 0 Å². The number of aliphatic hydroxyl groups is 1.